The van der Waals surface area contributed by atoms with Crippen molar-refractivity contribution in [2.45, 2.75) is 44.8 Å². The van der Waals surface area contributed by atoms with Crippen LogP contribution in [0.15, 0.2) is 59.5 Å². The van der Waals surface area contributed by atoms with E-state index in [-0.39, 0.29) is 87.4 Å². The summed E-state index contributed by atoms with van der Waals surface area (Å²) in [6.07, 6.45) is 8.47. The molecule has 324 valence electrons. The molecule has 0 spiro atoms. The van der Waals surface area contributed by atoms with Crippen LogP contribution in [0, 0.1) is 27.7 Å². The standard InChI is InChI=1S/C11H16N4O2.C11H18N4.C6H14N2.C5H3BrN2O2.CH4.CH3.Pd.3H2S/c1-13(2)10-5-6-14(8-10)9-3-4-11(12-7-9)15(16)17;1-14(2)10-5-6-15(8-10)9-3-4-11(12)13-7-9;1-8(2)6-3-4-7-5-6;6-4-1-2-5(7-3-4)8(9)10;;;;;;/h3-4,7,10H,5-6,8H2,1-2H3;3-4,7,10H,5-6,8H2,1-2H3,(H2,12,13);6-7H,3-5H2,1-2H3;1-3H;1H4;1H3;;3*1H2/q;;;;;-1;;;;/t2*10-;6-;;;;;;;/m000......./s1. The SMILES string of the molecule is C.CN(C)[C@H]1CCN(c2ccc(N)nc2)C1.CN(C)[C@H]1CCN(c2ccc([N+](=O)[O-])nc2)C1.CN(C)[C@H]1CCNC1.O=[N+]([O-])c1ccc(Br)cn1.S.S.S.[CH3-].[Pd]. The van der Waals surface area contributed by atoms with Gasteiger partial charge in [0.1, 0.15) is 5.82 Å². The smallest absolute Gasteiger partial charge is 0.363 e. The Labute approximate surface area is 377 Å². The molecule has 0 amide bonds. The second-order valence-corrected chi connectivity index (χ2v) is 13.9. The Morgan fingerprint density at radius 3 is 1.43 bits per heavy atom. The van der Waals surface area contributed by atoms with Gasteiger partial charge < -0.3 is 63.2 Å². The minimum atomic E-state index is -0.535. The van der Waals surface area contributed by atoms with Crippen LogP contribution in [0.25, 0.3) is 0 Å². The van der Waals surface area contributed by atoms with Crippen LogP contribution in [-0.2, 0) is 20.4 Å². The van der Waals surface area contributed by atoms with Crippen LogP contribution in [-0.4, -0.2) is 139 Å². The second-order valence-electron chi connectivity index (χ2n) is 13.0. The van der Waals surface area contributed by atoms with Gasteiger partial charge in [-0.2, -0.15) is 40.5 Å². The Bertz CT molecular complexity index is 1480. The minimum Gasteiger partial charge on any atom is -0.384 e. The quantitative estimate of drug-likeness (QED) is 0.140. The number of aromatic nitrogens is 3. The number of nitro groups is 2. The van der Waals surface area contributed by atoms with Crippen molar-refractivity contribution in [3.05, 3.63) is 87.1 Å². The predicted octanol–water partition coefficient (Wildman–Crippen LogP) is 5.02. The normalized spacial score (nSPS) is 17.6. The zero-order valence-corrected chi connectivity index (χ0v) is 38.8. The zero-order chi connectivity index (χ0) is 36.8. The Balaban J connectivity index is -0.000000321. The predicted molar refractivity (Wildman–Crippen MR) is 246 cm³/mol. The van der Waals surface area contributed by atoms with Crippen molar-refractivity contribution in [3.8, 4) is 0 Å². The maximum atomic E-state index is 10.5. The van der Waals surface area contributed by atoms with E-state index in [2.05, 4.69) is 103 Å². The van der Waals surface area contributed by atoms with E-state index < -0.39 is 9.85 Å². The molecule has 3 aromatic heterocycles. The number of halogens is 1. The van der Waals surface area contributed by atoms with Crippen molar-refractivity contribution in [3.63, 3.8) is 0 Å². The van der Waals surface area contributed by atoms with Crippen LogP contribution in [0.3, 0.4) is 0 Å². The Morgan fingerprint density at radius 2 is 1.14 bits per heavy atom. The fourth-order valence-corrected chi connectivity index (χ4v) is 5.84. The third kappa shape index (κ3) is 20.4. The van der Waals surface area contributed by atoms with Crippen molar-refractivity contribution in [1.29, 1.82) is 0 Å². The number of hydrogen-bond donors (Lipinski definition) is 2. The maximum Gasteiger partial charge on any atom is 0.363 e. The molecule has 0 bridgehead atoms. The van der Waals surface area contributed by atoms with Crippen LogP contribution in [0.4, 0.5) is 28.8 Å². The Morgan fingerprint density at radius 1 is 0.714 bits per heavy atom. The van der Waals surface area contributed by atoms with E-state index in [1.54, 1.807) is 18.3 Å². The number of pyridine rings is 3. The third-order valence-electron chi connectivity index (χ3n) is 8.87. The van der Waals surface area contributed by atoms with Crippen molar-refractivity contribution >= 4 is 85.2 Å². The second kappa shape index (κ2) is 30.7. The van der Waals surface area contributed by atoms with Gasteiger partial charge in [-0.1, -0.05) is 7.43 Å². The molecule has 0 unspecified atom stereocenters. The number of nitrogen functional groups attached to an aromatic ring is 1. The molecule has 6 heterocycles. The average Bonchev–Trinajstić information content (AvgIpc) is 3.89. The molecule has 3 aliphatic rings. The number of hydrogen-bond acceptors (Lipinski definition) is 14. The van der Waals surface area contributed by atoms with Gasteiger partial charge in [0.2, 0.25) is 0 Å². The van der Waals surface area contributed by atoms with Gasteiger partial charge >= 0.3 is 11.6 Å². The molecule has 3 aliphatic heterocycles. The molecular weight excluding hydrogens is 935 g/mol. The van der Waals surface area contributed by atoms with Crippen LogP contribution in [0.1, 0.15) is 26.7 Å². The fraction of sp³-hybridized carbons (Fsp3) is 0.543. The molecule has 21 heteroatoms. The first kappa shape index (κ1) is 60.4. The number of anilines is 3. The number of likely N-dealkylation sites (N-methyl/N-ethyl adjacent to an activating group) is 3. The van der Waals surface area contributed by atoms with E-state index >= 15 is 0 Å². The molecule has 16 nitrogen and oxygen atoms in total. The zero-order valence-electron chi connectivity index (χ0n) is 32.7. The van der Waals surface area contributed by atoms with Gasteiger partial charge in [-0.05, 0) is 128 Å². The number of rotatable bonds is 7. The first-order valence-corrected chi connectivity index (χ1v) is 17.3. The van der Waals surface area contributed by atoms with Gasteiger partial charge in [0.15, 0.2) is 12.4 Å². The van der Waals surface area contributed by atoms with Gasteiger partial charge in [-0.3, -0.25) is 0 Å². The summed E-state index contributed by atoms with van der Waals surface area (Å²) in [7, 11) is 12.7. The van der Waals surface area contributed by atoms with Gasteiger partial charge in [0.25, 0.3) is 0 Å². The first-order valence-electron chi connectivity index (χ1n) is 16.5. The van der Waals surface area contributed by atoms with E-state index in [0.29, 0.717) is 17.9 Å². The monoisotopic (exact) mass is 997 g/mol. The van der Waals surface area contributed by atoms with Gasteiger partial charge in [0.05, 0.1) is 22.0 Å². The number of nitrogens with zero attached hydrogens (tertiary/aromatic N) is 10. The van der Waals surface area contributed by atoms with Gasteiger partial charge in [-0.15, -0.1) is 0 Å². The molecule has 3 fully saturated rings. The molecular formula is C35H64BrN12O4PdS3-. The molecule has 56 heavy (non-hydrogen) atoms. The summed E-state index contributed by atoms with van der Waals surface area (Å²) in [6, 6.07) is 12.0. The molecule has 0 saturated carbocycles. The van der Waals surface area contributed by atoms with Crippen LogP contribution < -0.4 is 20.9 Å². The topological polar surface area (TPSA) is 179 Å². The summed E-state index contributed by atoms with van der Waals surface area (Å²) >= 11 is 3.11. The maximum absolute atomic E-state index is 10.5. The van der Waals surface area contributed by atoms with Crippen LogP contribution in [0.5, 0.6) is 0 Å². The van der Waals surface area contributed by atoms with E-state index in [1.807, 2.05) is 18.3 Å². The summed E-state index contributed by atoms with van der Waals surface area (Å²) in [6.45, 7) is 6.48. The average molecular weight is 1000 g/mol. The van der Waals surface area contributed by atoms with E-state index in [4.69, 9.17) is 5.73 Å². The summed E-state index contributed by atoms with van der Waals surface area (Å²) in [4.78, 5) is 42.3. The fourth-order valence-electron chi connectivity index (χ4n) is 5.61. The van der Waals surface area contributed by atoms with Crippen molar-refractivity contribution in [2.75, 3.05) is 97.1 Å². The molecule has 0 aliphatic carbocycles. The molecule has 3 N–H and O–H groups in total. The minimum absolute atomic E-state index is 0. The van der Waals surface area contributed by atoms with Crippen molar-refractivity contribution in [2.24, 2.45) is 0 Å². The first-order chi connectivity index (χ1) is 23.7. The molecule has 0 radical (unpaired) electrons. The largest absolute Gasteiger partial charge is 0.384 e. The molecule has 3 aromatic rings. The van der Waals surface area contributed by atoms with E-state index in [9.17, 15) is 20.2 Å². The van der Waals surface area contributed by atoms with Gasteiger partial charge in [-0.25, -0.2) is 4.98 Å². The molecule has 3 saturated heterocycles. The number of nitrogens with one attached hydrogen (secondary N) is 1. The molecule has 3 atom stereocenters. The summed E-state index contributed by atoms with van der Waals surface area (Å²) in [5.74, 6) is 0.349. The van der Waals surface area contributed by atoms with Crippen molar-refractivity contribution < 1.29 is 30.3 Å². The van der Waals surface area contributed by atoms with E-state index in [1.165, 1.54) is 49.9 Å². The van der Waals surface area contributed by atoms with Crippen molar-refractivity contribution in [1.82, 2.24) is 35.0 Å². The summed E-state index contributed by atoms with van der Waals surface area (Å²) in [5, 5.41) is 23.8. The Hall–Kier alpha value is -2.32. The number of nitrogens with two attached hydrogens (primary N) is 1. The van der Waals surface area contributed by atoms with Crippen LogP contribution in [0.2, 0.25) is 0 Å². The Kier molecular flexibility index (Phi) is 33.1. The van der Waals surface area contributed by atoms with Crippen LogP contribution >= 0.6 is 56.4 Å². The third-order valence-corrected chi connectivity index (χ3v) is 9.34. The van der Waals surface area contributed by atoms with Gasteiger partial charge in [0, 0.05) is 83.4 Å². The molecule has 0 aromatic carbocycles. The van der Waals surface area contributed by atoms with E-state index in [0.717, 1.165) is 48.8 Å². The summed E-state index contributed by atoms with van der Waals surface area (Å²) < 4.78 is 0.734. The molecule has 6 rings (SSSR count). The summed E-state index contributed by atoms with van der Waals surface area (Å²) in [5.41, 5.74) is 7.70.